The lowest BCUT2D eigenvalue weighted by molar-refractivity contribution is -0.136. The van der Waals surface area contributed by atoms with Crippen LogP contribution in [0.25, 0.3) is 0 Å². The van der Waals surface area contributed by atoms with Crippen LogP contribution in [0.3, 0.4) is 0 Å². The summed E-state index contributed by atoms with van der Waals surface area (Å²) >= 11 is 0. The first-order valence-electron chi connectivity index (χ1n) is 6.80. The summed E-state index contributed by atoms with van der Waals surface area (Å²) in [5, 5.41) is 11.4. The lowest BCUT2D eigenvalue weighted by Crippen LogP contribution is -2.40. The average molecular weight is 286 g/mol. The SMILES string of the molecule is C[C@@H](CCc1ccccc1)NC(=O)C(=O)Nc1ccn[nH]1. The molecule has 0 fully saturated rings. The Morgan fingerprint density at radius 2 is 1.95 bits per heavy atom. The molecular formula is C15H18N4O2. The normalized spacial score (nSPS) is 11.7. The van der Waals surface area contributed by atoms with Crippen molar-refractivity contribution < 1.29 is 9.59 Å². The van der Waals surface area contributed by atoms with Gasteiger partial charge in [0.05, 0.1) is 6.20 Å². The van der Waals surface area contributed by atoms with Gasteiger partial charge in [-0.05, 0) is 25.3 Å². The number of rotatable bonds is 5. The van der Waals surface area contributed by atoms with Crippen LogP contribution in [0.1, 0.15) is 18.9 Å². The molecule has 0 unspecified atom stereocenters. The van der Waals surface area contributed by atoms with Crippen LogP contribution in [0.2, 0.25) is 0 Å². The third-order valence-corrected chi connectivity index (χ3v) is 3.04. The van der Waals surface area contributed by atoms with E-state index >= 15 is 0 Å². The van der Waals surface area contributed by atoms with E-state index in [0.29, 0.717) is 5.82 Å². The van der Waals surface area contributed by atoms with Crippen LogP contribution in [0, 0.1) is 0 Å². The molecule has 0 aliphatic carbocycles. The Morgan fingerprint density at radius 3 is 2.62 bits per heavy atom. The maximum atomic E-state index is 11.7. The smallest absolute Gasteiger partial charge is 0.314 e. The molecular weight excluding hydrogens is 268 g/mol. The standard InChI is InChI=1S/C15H18N4O2/c1-11(7-8-12-5-3-2-4-6-12)17-14(20)15(21)18-13-9-10-16-19-13/h2-6,9-11H,7-8H2,1H3,(H,17,20)(H2,16,18,19,21)/t11-/m0/s1. The number of nitrogens with zero attached hydrogens (tertiary/aromatic N) is 1. The highest BCUT2D eigenvalue weighted by atomic mass is 16.2. The zero-order valence-corrected chi connectivity index (χ0v) is 11.8. The fraction of sp³-hybridized carbons (Fsp3) is 0.267. The largest absolute Gasteiger partial charge is 0.345 e. The second kappa shape index (κ2) is 7.23. The van der Waals surface area contributed by atoms with E-state index in [4.69, 9.17) is 0 Å². The first-order chi connectivity index (χ1) is 10.1. The summed E-state index contributed by atoms with van der Waals surface area (Å²) in [6.07, 6.45) is 3.12. The summed E-state index contributed by atoms with van der Waals surface area (Å²) in [4.78, 5) is 23.4. The Labute approximate surface area is 122 Å². The maximum absolute atomic E-state index is 11.7. The number of carbonyl (C=O) groups is 2. The van der Waals surface area contributed by atoms with Crippen molar-refractivity contribution in [2.24, 2.45) is 0 Å². The molecule has 0 radical (unpaired) electrons. The fourth-order valence-electron chi connectivity index (χ4n) is 1.89. The van der Waals surface area contributed by atoms with E-state index < -0.39 is 11.8 Å². The van der Waals surface area contributed by atoms with Gasteiger partial charge in [0.1, 0.15) is 5.82 Å². The maximum Gasteiger partial charge on any atom is 0.314 e. The van der Waals surface area contributed by atoms with Gasteiger partial charge in [-0.3, -0.25) is 14.7 Å². The summed E-state index contributed by atoms with van der Waals surface area (Å²) < 4.78 is 0. The number of aromatic nitrogens is 2. The minimum Gasteiger partial charge on any atom is -0.345 e. The number of carbonyl (C=O) groups excluding carboxylic acids is 2. The zero-order valence-electron chi connectivity index (χ0n) is 11.8. The van der Waals surface area contributed by atoms with Crippen molar-refractivity contribution in [2.75, 3.05) is 5.32 Å². The summed E-state index contributed by atoms with van der Waals surface area (Å²) in [5.74, 6) is -0.955. The third-order valence-electron chi connectivity index (χ3n) is 3.04. The molecule has 0 bridgehead atoms. The molecule has 2 rings (SSSR count). The van der Waals surface area contributed by atoms with Crippen LogP contribution in [0.5, 0.6) is 0 Å². The van der Waals surface area contributed by atoms with E-state index in [9.17, 15) is 9.59 Å². The molecule has 1 heterocycles. The van der Waals surface area contributed by atoms with Crippen molar-refractivity contribution in [2.45, 2.75) is 25.8 Å². The van der Waals surface area contributed by atoms with E-state index in [0.717, 1.165) is 12.8 Å². The van der Waals surface area contributed by atoms with Gasteiger partial charge in [0, 0.05) is 12.1 Å². The Balaban J connectivity index is 1.75. The molecule has 0 spiro atoms. The van der Waals surface area contributed by atoms with E-state index in [1.54, 1.807) is 6.07 Å². The molecule has 0 saturated carbocycles. The molecule has 110 valence electrons. The number of anilines is 1. The molecule has 21 heavy (non-hydrogen) atoms. The molecule has 0 aliphatic rings. The highest BCUT2D eigenvalue weighted by Crippen LogP contribution is 2.05. The van der Waals surface area contributed by atoms with E-state index in [2.05, 4.69) is 20.8 Å². The van der Waals surface area contributed by atoms with Gasteiger partial charge >= 0.3 is 11.8 Å². The molecule has 1 aromatic carbocycles. The zero-order chi connectivity index (χ0) is 15.1. The summed E-state index contributed by atoms with van der Waals surface area (Å²) in [7, 11) is 0. The Morgan fingerprint density at radius 1 is 1.19 bits per heavy atom. The van der Waals surface area contributed by atoms with Gasteiger partial charge < -0.3 is 10.6 Å². The van der Waals surface area contributed by atoms with Crippen LogP contribution in [0.4, 0.5) is 5.82 Å². The molecule has 2 aromatic rings. The number of amides is 2. The number of hydrogen-bond acceptors (Lipinski definition) is 3. The first kappa shape index (κ1) is 14.8. The number of aromatic amines is 1. The van der Waals surface area contributed by atoms with Crippen molar-refractivity contribution in [3.63, 3.8) is 0 Å². The first-order valence-corrected chi connectivity index (χ1v) is 6.80. The van der Waals surface area contributed by atoms with Gasteiger partial charge in [0.15, 0.2) is 0 Å². The van der Waals surface area contributed by atoms with Crippen molar-refractivity contribution in [1.82, 2.24) is 15.5 Å². The van der Waals surface area contributed by atoms with Gasteiger partial charge in [-0.1, -0.05) is 30.3 Å². The Bertz CT molecular complexity index is 581. The van der Waals surface area contributed by atoms with Crippen molar-refractivity contribution in [3.8, 4) is 0 Å². The lowest BCUT2D eigenvalue weighted by atomic mass is 10.1. The summed E-state index contributed by atoms with van der Waals surface area (Å²) in [5.41, 5.74) is 1.21. The predicted molar refractivity (Wildman–Crippen MR) is 79.6 cm³/mol. The van der Waals surface area contributed by atoms with E-state index in [-0.39, 0.29) is 6.04 Å². The topological polar surface area (TPSA) is 86.9 Å². The van der Waals surface area contributed by atoms with Crippen LogP contribution in [0.15, 0.2) is 42.6 Å². The average Bonchev–Trinajstić information content (AvgIpc) is 2.99. The molecule has 1 atom stereocenters. The fourth-order valence-corrected chi connectivity index (χ4v) is 1.89. The van der Waals surface area contributed by atoms with Gasteiger partial charge in [-0.2, -0.15) is 5.10 Å². The minimum absolute atomic E-state index is 0.0785. The van der Waals surface area contributed by atoms with E-state index in [1.807, 2.05) is 37.3 Å². The van der Waals surface area contributed by atoms with E-state index in [1.165, 1.54) is 11.8 Å². The summed E-state index contributed by atoms with van der Waals surface area (Å²) in [6, 6.07) is 11.5. The van der Waals surface area contributed by atoms with Crippen LogP contribution in [-0.2, 0) is 16.0 Å². The number of aryl methyl sites for hydroxylation is 1. The molecule has 2 amide bonds. The highest BCUT2D eigenvalue weighted by molar-refractivity contribution is 6.39. The number of nitrogens with one attached hydrogen (secondary N) is 3. The van der Waals surface area contributed by atoms with Crippen LogP contribution < -0.4 is 10.6 Å². The number of benzene rings is 1. The monoisotopic (exact) mass is 286 g/mol. The van der Waals surface area contributed by atoms with Gasteiger partial charge in [-0.15, -0.1) is 0 Å². The van der Waals surface area contributed by atoms with Crippen molar-refractivity contribution >= 4 is 17.6 Å². The lowest BCUT2D eigenvalue weighted by Gasteiger charge is -2.13. The molecule has 1 aromatic heterocycles. The van der Waals surface area contributed by atoms with Crippen LogP contribution in [-0.4, -0.2) is 28.1 Å². The number of H-pyrrole nitrogens is 1. The number of hydrogen-bond donors (Lipinski definition) is 3. The molecule has 3 N–H and O–H groups in total. The Hall–Kier alpha value is -2.63. The third kappa shape index (κ3) is 4.76. The Kier molecular flexibility index (Phi) is 5.09. The molecule has 6 nitrogen and oxygen atoms in total. The van der Waals surface area contributed by atoms with Crippen molar-refractivity contribution in [1.29, 1.82) is 0 Å². The summed E-state index contributed by atoms with van der Waals surface area (Å²) in [6.45, 7) is 1.88. The van der Waals surface area contributed by atoms with Gasteiger partial charge in [0.25, 0.3) is 0 Å². The molecule has 6 heteroatoms. The van der Waals surface area contributed by atoms with Crippen molar-refractivity contribution in [3.05, 3.63) is 48.2 Å². The highest BCUT2D eigenvalue weighted by Gasteiger charge is 2.16. The second-order valence-electron chi connectivity index (χ2n) is 4.82. The predicted octanol–water partition coefficient (Wildman–Crippen LogP) is 1.49. The molecule has 0 saturated heterocycles. The molecule has 0 aliphatic heterocycles. The van der Waals surface area contributed by atoms with Gasteiger partial charge in [0.2, 0.25) is 0 Å². The van der Waals surface area contributed by atoms with Gasteiger partial charge in [-0.25, -0.2) is 0 Å². The second-order valence-corrected chi connectivity index (χ2v) is 4.82. The van der Waals surface area contributed by atoms with Crippen LogP contribution >= 0.6 is 0 Å². The minimum atomic E-state index is -0.703. The quantitative estimate of drug-likeness (QED) is 0.728.